The number of amides is 1. The first kappa shape index (κ1) is 23.7. The lowest BCUT2D eigenvalue weighted by Gasteiger charge is -2.26. The van der Waals surface area contributed by atoms with Gasteiger partial charge in [-0.15, -0.1) is 0 Å². The second-order valence-corrected chi connectivity index (χ2v) is 7.97. The van der Waals surface area contributed by atoms with Gasteiger partial charge in [0.15, 0.2) is 5.69 Å². The third kappa shape index (κ3) is 5.85. The van der Waals surface area contributed by atoms with Gasteiger partial charge in [-0.3, -0.25) is 19.1 Å². The Labute approximate surface area is 188 Å². The van der Waals surface area contributed by atoms with Gasteiger partial charge in [-0.1, -0.05) is 44.2 Å². The summed E-state index contributed by atoms with van der Waals surface area (Å²) in [5, 5.41) is 2.66. The Morgan fingerprint density at radius 3 is 2.36 bits per heavy atom. The highest BCUT2D eigenvalue weighted by molar-refractivity contribution is 5.98. The van der Waals surface area contributed by atoms with Crippen LogP contribution < -0.4 is 27.2 Å². The number of nitrogens with zero attached hydrogens (tertiary/aromatic N) is 2. The maximum absolute atomic E-state index is 13.4. The van der Waals surface area contributed by atoms with Crippen molar-refractivity contribution < 1.29 is 13.6 Å². The number of carbonyl (C=O) groups excluding carboxylic acids is 1. The molecule has 0 unspecified atom stereocenters. The van der Waals surface area contributed by atoms with E-state index in [-0.39, 0.29) is 42.7 Å². The van der Waals surface area contributed by atoms with E-state index in [1.165, 1.54) is 9.47 Å². The summed E-state index contributed by atoms with van der Waals surface area (Å²) in [6.45, 7) is 3.57. The van der Waals surface area contributed by atoms with Crippen molar-refractivity contribution in [2.45, 2.75) is 20.4 Å². The summed E-state index contributed by atoms with van der Waals surface area (Å²) in [5.74, 6) is -2.35. The second-order valence-electron chi connectivity index (χ2n) is 7.97. The van der Waals surface area contributed by atoms with E-state index >= 15 is 0 Å². The number of hydrogen-bond donors (Lipinski definition) is 3. The lowest BCUT2D eigenvalue weighted by molar-refractivity contribution is -0.117. The standard InChI is InChI=1S/C23H25F2N5O3/c1-14(2)12-29(19(31)11-27-18-9-16(24)8-17(25)10-18)20-21(26)30(23(33)28-22(20)32)13-15-6-4-3-5-7-15/h3-10,14,27H,11-13,26H2,1-2H3,(H,28,32,33). The molecular formula is C23H25F2N5O3. The highest BCUT2D eigenvalue weighted by Gasteiger charge is 2.25. The number of aromatic nitrogens is 2. The van der Waals surface area contributed by atoms with Crippen LogP contribution in [0.4, 0.5) is 26.0 Å². The summed E-state index contributed by atoms with van der Waals surface area (Å²) >= 11 is 0. The highest BCUT2D eigenvalue weighted by atomic mass is 19.1. The van der Waals surface area contributed by atoms with E-state index in [1.807, 2.05) is 19.9 Å². The number of halogens is 2. The van der Waals surface area contributed by atoms with E-state index in [0.717, 1.165) is 17.7 Å². The Morgan fingerprint density at radius 1 is 1.12 bits per heavy atom. The second kappa shape index (κ2) is 10.1. The monoisotopic (exact) mass is 457 g/mol. The Kier molecular flexibility index (Phi) is 7.27. The van der Waals surface area contributed by atoms with Crippen LogP contribution in [0.3, 0.4) is 0 Å². The number of carbonyl (C=O) groups is 1. The molecule has 0 aliphatic rings. The first-order valence-corrected chi connectivity index (χ1v) is 10.3. The Balaban J connectivity index is 1.95. The maximum Gasteiger partial charge on any atom is 0.330 e. The number of anilines is 3. The fraction of sp³-hybridized carbons (Fsp3) is 0.261. The molecule has 10 heteroatoms. The van der Waals surface area contributed by atoms with Crippen LogP contribution in [-0.4, -0.2) is 28.5 Å². The van der Waals surface area contributed by atoms with Gasteiger partial charge in [-0.05, 0) is 23.6 Å². The van der Waals surface area contributed by atoms with Gasteiger partial charge in [0.05, 0.1) is 13.1 Å². The molecule has 4 N–H and O–H groups in total. The molecule has 8 nitrogen and oxygen atoms in total. The molecule has 3 aromatic rings. The van der Waals surface area contributed by atoms with Crippen molar-refractivity contribution in [1.82, 2.24) is 9.55 Å². The molecule has 1 amide bonds. The molecule has 0 atom stereocenters. The van der Waals surface area contributed by atoms with Crippen molar-refractivity contribution in [2.75, 3.05) is 29.0 Å². The van der Waals surface area contributed by atoms with Gasteiger partial charge in [-0.2, -0.15) is 0 Å². The molecule has 174 valence electrons. The van der Waals surface area contributed by atoms with Gasteiger partial charge in [0, 0.05) is 18.3 Å². The van der Waals surface area contributed by atoms with Crippen LogP contribution in [0.15, 0.2) is 58.1 Å². The molecule has 0 spiro atoms. The number of aromatic amines is 1. The van der Waals surface area contributed by atoms with Gasteiger partial charge in [-0.25, -0.2) is 13.6 Å². The molecule has 1 heterocycles. The fourth-order valence-electron chi connectivity index (χ4n) is 3.37. The van der Waals surface area contributed by atoms with Crippen molar-refractivity contribution in [3.05, 3.63) is 86.6 Å². The van der Waals surface area contributed by atoms with E-state index in [0.29, 0.717) is 6.07 Å². The molecule has 3 rings (SSSR count). The summed E-state index contributed by atoms with van der Waals surface area (Å²) in [4.78, 5) is 41.6. The Bertz CT molecular complexity index is 1230. The normalized spacial score (nSPS) is 10.9. The van der Waals surface area contributed by atoms with Crippen LogP contribution in [0.5, 0.6) is 0 Å². The summed E-state index contributed by atoms with van der Waals surface area (Å²) in [6, 6.07) is 11.8. The molecule has 0 bridgehead atoms. The van der Waals surface area contributed by atoms with Crippen LogP contribution in [0.1, 0.15) is 19.4 Å². The van der Waals surface area contributed by atoms with E-state index in [9.17, 15) is 23.2 Å². The van der Waals surface area contributed by atoms with Crippen molar-refractivity contribution in [2.24, 2.45) is 5.92 Å². The van der Waals surface area contributed by atoms with Crippen LogP contribution >= 0.6 is 0 Å². The number of H-pyrrole nitrogens is 1. The zero-order chi connectivity index (χ0) is 24.1. The van der Waals surface area contributed by atoms with Crippen molar-refractivity contribution in [1.29, 1.82) is 0 Å². The minimum Gasteiger partial charge on any atom is -0.383 e. The van der Waals surface area contributed by atoms with Crippen LogP contribution in [0, 0.1) is 17.6 Å². The number of hydrogen-bond acceptors (Lipinski definition) is 5. The van der Waals surface area contributed by atoms with Crippen LogP contribution in [-0.2, 0) is 11.3 Å². The van der Waals surface area contributed by atoms with Gasteiger partial charge in [0.25, 0.3) is 5.56 Å². The smallest absolute Gasteiger partial charge is 0.330 e. The molecule has 1 aromatic heterocycles. The van der Waals surface area contributed by atoms with Crippen LogP contribution in [0.25, 0.3) is 0 Å². The molecule has 0 fully saturated rings. The average molecular weight is 457 g/mol. The van der Waals surface area contributed by atoms with Gasteiger partial charge in [0.2, 0.25) is 5.91 Å². The Morgan fingerprint density at radius 2 is 1.76 bits per heavy atom. The number of nitrogens with one attached hydrogen (secondary N) is 2. The van der Waals surface area contributed by atoms with Gasteiger partial charge >= 0.3 is 5.69 Å². The number of nitrogens with two attached hydrogens (primary N) is 1. The third-order valence-corrected chi connectivity index (χ3v) is 4.82. The first-order valence-electron chi connectivity index (χ1n) is 10.3. The van der Waals surface area contributed by atoms with E-state index < -0.39 is 28.8 Å². The van der Waals surface area contributed by atoms with E-state index in [2.05, 4.69) is 10.3 Å². The van der Waals surface area contributed by atoms with Crippen molar-refractivity contribution in [3.63, 3.8) is 0 Å². The number of nitrogen functional groups attached to an aromatic ring is 1. The van der Waals surface area contributed by atoms with Crippen LogP contribution in [0.2, 0.25) is 0 Å². The third-order valence-electron chi connectivity index (χ3n) is 4.82. The summed E-state index contributed by atoms with van der Waals surface area (Å²) in [5.41, 5.74) is 5.42. The predicted molar refractivity (Wildman–Crippen MR) is 123 cm³/mol. The lowest BCUT2D eigenvalue weighted by atomic mass is 10.2. The van der Waals surface area contributed by atoms with Gasteiger partial charge < -0.3 is 16.0 Å². The van der Waals surface area contributed by atoms with Crippen molar-refractivity contribution >= 4 is 23.1 Å². The highest BCUT2D eigenvalue weighted by Crippen LogP contribution is 2.20. The molecular weight excluding hydrogens is 432 g/mol. The maximum atomic E-state index is 13.4. The zero-order valence-corrected chi connectivity index (χ0v) is 18.3. The molecule has 0 saturated carbocycles. The largest absolute Gasteiger partial charge is 0.383 e. The first-order chi connectivity index (χ1) is 15.7. The topological polar surface area (TPSA) is 113 Å². The molecule has 0 saturated heterocycles. The summed E-state index contributed by atoms with van der Waals surface area (Å²) in [7, 11) is 0. The van der Waals surface area contributed by atoms with Gasteiger partial charge in [0.1, 0.15) is 17.5 Å². The average Bonchev–Trinajstić information content (AvgIpc) is 2.74. The SMILES string of the molecule is CC(C)CN(C(=O)CNc1cc(F)cc(F)c1)c1c(N)n(Cc2ccccc2)c(=O)[nH]c1=O. The molecule has 0 aliphatic heterocycles. The minimum absolute atomic E-state index is 0.0473. The lowest BCUT2D eigenvalue weighted by Crippen LogP contribution is -2.44. The zero-order valence-electron chi connectivity index (χ0n) is 18.3. The minimum atomic E-state index is -0.799. The molecule has 33 heavy (non-hydrogen) atoms. The quantitative estimate of drug-likeness (QED) is 0.481. The van der Waals surface area contributed by atoms with E-state index in [4.69, 9.17) is 5.73 Å². The molecule has 2 aromatic carbocycles. The van der Waals surface area contributed by atoms with E-state index in [1.54, 1.807) is 24.3 Å². The predicted octanol–water partition coefficient (Wildman–Crippen LogP) is 2.55. The summed E-state index contributed by atoms with van der Waals surface area (Å²) < 4.78 is 28.1. The molecule has 0 aliphatic carbocycles. The molecule has 0 radical (unpaired) electrons. The van der Waals surface area contributed by atoms with Crippen molar-refractivity contribution in [3.8, 4) is 0 Å². The fourth-order valence-corrected chi connectivity index (χ4v) is 3.37. The Hall–Kier alpha value is -3.95. The number of benzene rings is 2. The number of rotatable bonds is 8. The summed E-state index contributed by atoms with van der Waals surface area (Å²) in [6.07, 6.45) is 0.